The maximum atomic E-state index is 12.5. The van der Waals surface area contributed by atoms with Gasteiger partial charge in [0.15, 0.2) is 23.8 Å². The largest absolute Gasteiger partial charge is 0.545 e. The summed E-state index contributed by atoms with van der Waals surface area (Å²) < 4.78 is 14.4. The lowest BCUT2D eigenvalue weighted by Gasteiger charge is -2.16. The van der Waals surface area contributed by atoms with E-state index in [0.717, 1.165) is 85.8 Å². The summed E-state index contributed by atoms with van der Waals surface area (Å²) in [4.78, 5) is 74.2. The molecule has 0 radical (unpaired) electrons. The van der Waals surface area contributed by atoms with Gasteiger partial charge in [0.1, 0.15) is 38.4 Å². The number of amides is 2. The number of carboxylic acids is 4. The van der Waals surface area contributed by atoms with Gasteiger partial charge in [0.2, 0.25) is 0 Å². The highest BCUT2D eigenvalue weighted by Crippen LogP contribution is 2.22. The summed E-state index contributed by atoms with van der Waals surface area (Å²) in [5.41, 5.74) is 5.33. The minimum Gasteiger partial charge on any atom is -0.545 e. The first-order chi connectivity index (χ1) is 34.7. The predicted octanol–water partition coefficient (Wildman–Crippen LogP) is 5.96. The first kappa shape index (κ1) is 57.2. The molecule has 16 nitrogen and oxygen atoms in total. The van der Waals surface area contributed by atoms with Crippen LogP contribution in [0.5, 0.6) is 0 Å². The molecule has 0 bridgehead atoms. The monoisotopic (exact) mass is 990 g/mol. The Labute approximate surface area is 422 Å². The van der Waals surface area contributed by atoms with Gasteiger partial charge in [0.25, 0.3) is 0 Å². The topological polar surface area (TPSA) is 239 Å². The number of nitrogens with one attached hydrogen (secondary N) is 2. The minimum absolute atomic E-state index is 0.00875. The van der Waals surface area contributed by atoms with E-state index in [1.807, 2.05) is 57.9 Å². The summed E-state index contributed by atoms with van der Waals surface area (Å²) in [5.74, 6) is -5.43. The van der Waals surface area contributed by atoms with Crippen molar-refractivity contribution in [1.29, 1.82) is 0 Å². The number of nitrogens with zero attached hydrogens (tertiary/aromatic N) is 2. The van der Waals surface area contributed by atoms with Crippen molar-refractivity contribution in [3.8, 4) is 0 Å². The van der Waals surface area contributed by atoms with Crippen molar-refractivity contribution in [3.05, 3.63) is 154 Å². The van der Waals surface area contributed by atoms with Crippen LogP contribution in [0.1, 0.15) is 125 Å². The van der Waals surface area contributed by atoms with E-state index in [1.165, 1.54) is 0 Å². The molecule has 4 N–H and O–H groups in total. The van der Waals surface area contributed by atoms with Crippen LogP contribution in [-0.2, 0) is 80.6 Å². The molecule has 2 atom stereocenters. The first-order valence-electron chi connectivity index (χ1n) is 25.0. The van der Waals surface area contributed by atoms with Crippen molar-refractivity contribution in [2.45, 2.75) is 155 Å². The molecule has 0 fully saturated rings. The zero-order valence-electron chi connectivity index (χ0n) is 41.6. The van der Waals surface area contributed by atoms with Crippen LogP contribution >= 0.6 is 0 Å². The molecule has 0 saturated carbocycles. The Bertz CT molecular complexity index is 2270. The fraction of sp³-hybridized carbons (Fsp3) is 0.429. The number of carbonyl (C=O) groups excluding carboxylic acids is 4. The second-order valence-corrected chi connectivity index (χ2v) is 17.9. The van der Waals surface area contributed by atoms with Gasteiger partial charge in [-0.3, -0.25) is 0 Å². The standard InChI is InChI=1S/C56H70N4O12/c1-3-5-9-19-41-27-31-59(29-17-15-25-49(53(65)66)57-55(69)71-39-43-21-11-7-12-22-43)47(33-41)35-45(37-51(61)62)46(38-52(63)64)36-48-34-42(20-10-6-4-2)28-32-60(48)30-18-16-26-50(54(67)68)58-56(70)72-40-44-23-13-8-14-24-44/h7-8,11-14,21-24,27-28,31-34,37-38,49-50H,3-6,9-10,15-20,25-26,29-30,35-36,39-40H2,1-2H3,(H4-2,57,58,61,62,63,64,65,66,67,68,69,70)/b45-37+,46-38+/t49-,50-/m0/s1. The summed E-state index contributed by atoms with van der Waals surface area (Å²) >= 11 is 0. The summed E-state index contributed by atoms with van der Waals surface area (Å²) in [6, 6.07) is 23.6. The van der Waals surface area contributed by atoms with E-state index < -0.39 is 48.1 Å². The number of unbranched alkanes of at least 4 members (excludes halogenated alkanes) is 6. The maximum absolute atomic E-state index is 12.5. The number of aromatic nitrogens is 2. The highest BCUT2D eigenvalue weighted by atomic mass is 16.6. The predicted molar refractivity (Wildman–Crippen MR) is 263 cm³/mol. The molecule has 0 aliphatic carbocycles. The van der Waals surface area contributed by atoms with Crippen LogP contribution in [-0.4, -0.2) is 58.4 Å². The molecule has 16 heteroatoms. The van der Waals surface area contributed by atoms with E-state index in [-0.39, 0.29) is 50.0 Å². The molecule has 2 aromatic heterocycles. The van der Waals surface area contributed by atoms with Crippen LogP contribution < -0.4 is 30.0 Å². The second kappa shape index (κ2) is 31.8. The Morgan fingerprint density at radius 3 is 1.28 bits per heavy atom. The number of aryl methyl sites for hydroxylation is 4. The summed E-state index contributed by atoms with van der Waals surface area (Å²) in [6.45, 7) is 4.99. The highest BCUT2D eigenvalue weighted by molar-refractivity contribution is 5.83. The number of pyridine rings is 2. The van der Waals surface area contributed by atoms with E-state index in [0.29, 0.717) is 50.2 Å². The van der Waals surface area contributed by atoms with Crippen molar-refractivity contribution in [2.24, 2.45) is 0 Å². The van der Waals surface area contributed by atoms with E-state index in [2.05, 4.69) is 24.5 Å². The molecule has 0 aliphatic heterocycles. The molecule has 2 heterocycles. The molecule has 0 unspecified atom stereocenters. The van der Waals surface area contributed by atoms with E-state index in [1.54, 1.807) is 48.5 Å². The number of benzene rings is 2. The normalized spacial score (nSPS) is 12.4. The van der Waals surface area contributed by atoms with Crippen LogP contribution in [0, 0.1) is 0 Å². The Morgan fingerprint density at radius 2 is 0.931 bits per heavy atom. The van der Waals surface area contributed by atoms with Crippen molar-refractivity contribution < 1.29 is 67.8 Å². The number of aliphatic carboxylic acids is 4. The number of carboxylic acid groups (broad SMARTS) is 4. The molecule has 0 saturated heterocycles. The molecule has 2 amide bonds. The zero-order valence-corrected chi connectivity index (χ0v) is 41.6. The van der Waals surface area contributed by atoms with Crippen molar-refractivity contribution in [1.82, 2.24) is 10.6 Å². The SMILES string of the molecule is CCCCCc1cc[n+](CCCC[C@H](NC(=O)OCc2ccccc2)C(=O)O)c(CC(=C\C(=O)[O-])/C(=C/C(=O)[O-])Cc2cc(CCCCC)cc[n+]2CCCC[C@H](NC(=O)OCc2ccccc2)C(=O)O)c1. The molecular formula is C56H70N4O12. The van der Waals surface area contributed by atoms with Crippen LogP contribution in [0.25, 0.3) is 0 Å². The number of allylic oxidation sites excluding steroid dienone is 2. The van der Waals surface area contributed by atoms with Crippen LogP contribution in [0.2, 0.25) is 0 Å². The van der Waals surface area contributed by atoms with Gasteiger partial charge in [-0.25, -0.2) is 28.3 Å². The molecule has 386 valence electrons. The maximum Gasteiger partial charge on any atom is 0.408 e. The average molecular weight is 991 g/mol. The Balaban J connectivity index is 1.54. The number of rotatable bonds is 33. The van der Waals surface area contributed by atoms with Gasteiger partial charge < -0.3 is 50.1 Å². The Hall–Kier alpha value is -7.36. The molecule has 2 aromatic carbocycles. The Morgan fingerprint density at radius 1 is 0.542 bits per heavy atom. The minimum atomic E-state index is -1.51. The van der Waals surface area contributed by atoms with Crippen molar-refractivity contribution in [2.75, 3.05) is 0 Å². The van der Waals surface area contributed by atoms with Gasteiger partial charge in [-0.15, -0.1) is 0 Å². The molecule has 0 aliphatic rings. The summed E-state index contributed by atoms with van der Waals surface area (Å²) in [5, 5.41) is 49.6. The van der Waals surface area contributed by atoms with Crippen LogP contribution in [0.15, 0.2) is 121 Å². The third kappa shape index (κ3) is 21.7. The van der Waals surface area contributed by atoms with Crippen LogP contribution in [0.4, 0.5) is 9.59 Å². The highest BCUT2D eigenvalue weighted by Gasteiger charge is 2.24. The second-order valence-electron chi connectivity index (χ2n) is 17.9. The third-order valence-electron chi connectivity index (χ3n) is 12.1. The number of ether oxygens (including phenoxy) is 2. The van der Waals surface area contributed by atoms with E-state index in [9.17, 15) is 49.2 Å². The van der Waals surface area contributed by atoms with Gasteiger partial charge in [-0.05, 0) is 96.9 Å². The fourth-order valence-electron chi connectivity index (χ4n) is 8.24. The molecule has 4 aromatic rings. The summed E-state index contributed by atoms with van der Waals surface area (Å²) in [7, 11) is 0. The van der Waals surface area contributed by atoms with Gasteiger partial charge in [0, 0.05) is 37.1 Å². The van der Waals surface area contributed by atoms with Gasteiger partial charge >= 0.3 is 24.1 Å². The van der Waals surface area contributed by atoms with Crippen LogP contribution in [0.3, 0.4) is 0 Å². The number of hydrogen-bond donors (Lipinski definition) is 4. The summed E-state index contributed by atoms with van der Waals surface area (Å²) in [6.07, 6.45) is 13.4. The third-order valence-corrected chi connectivity index (χ3v) is 12.1. The first-order valence-corrected chi connectivity index (χ1v) is 25.0. The number of hydrogen-bond acceptors (Lipinski definition) is 10. The van der Waals surface area contributed by atoms with Gasteiger partial charge in [-0.1, -0.05) is 100 Å². The van der Waals surface area contributed by atoms with E-state index in [4.69, 9.17) is 9.47 Å². The zero-order chi connectivity index (χ0) is 52.1. The smallest absolute Gasteiger partial charge is 0.408 e. The average Bonchev–Trinajstić information content (AvgIpc) is 3.35. The van der Waals surface area contributed by atoms with Gasteiger partial charge in [-0.2, -0.15) is 0 Å². The lowest BCUT2D eigenvalue weighted by atomic mass is 9.93. The Kier molecular flexibility index (Phi) is 25.3. The molecular weight excluding hydrogens is 921 g/mol. The number of carbonyl (C=O) groups is 6. The molecule has 0 spiro atoms. The van der Waals surface area contributed by atoms with Crippen molar-refractivity contribution in [3.63, 3.8) is 0 Å². The molecule has 72 heavy (non-hydrogen) atoms. The lowest BCUT2D eigenvalue weighted by molar-refractivity contribution is -0.704. The quantitative estimate of drug-likeness (QED) is 0.0187. The van der Waals surface area contributed by atoms with Gasteiger partial charge in [0.05, 0.1) is 24.8 Å². The fourth-order valence-corrected chi connectivity index (χ4v) is 8.24. The lowest BCUT2D eigenvalue weighted by Crippen LogP contribution is -2.42. The van der Waals surface area contributed by atoms with Crippen molar-refractivity contribution >= 4 is 36.1 Å². The molecule has 4 rings (SSSR count). The number of alkyl carbamates (subject to hydrolysis) is 2. The van der Waals surface area contributed by atoms with E-state index >= 15 is 0 Å².